The summed E-state index contributed by atoms with van der Waals surface area (Å²) in [6, 6.07) is 0. The van der Waals surface area contributed by atoms with Gasteiger partial charge in [-0.05, 0) is 67.9 Å². The molecule has 0 radical (unpaired) electrons. The van der Waals surface area contributed by atoms with Gasteiger partial charge in [-0.2, -0.15) is 0 Å². The Hall–Kier alpha value is -3.08. The number of hydrogen-bond donors (Lipinski definition) is 2. The van der Waals surface area contributed by atoms with Crippen LogP contribution in [0.25, 0.3) is 0 Å². The van der Waals surface area contributed by atoms with Crippen molar-refractivity contribution in [2.45, 2.75) is 110 Å². The SMILES string of the molecule is C=C([C@H]1[C@H](OC(=O)/C(C)=C\C)[C@H](O)[C@@](C)(O)C(=O)[C@@H]1OC(=O)/C(C)=C\C)[C@H](C[C@H]1OC1(C)C)OC(=O)/C(C)=C\C. The molecule has 2 rings (SSSR count). The zero-order valence-corrected chi connectivity index (χ0v) is 24.8. The standard InChI is InChI=1S/C30H42O10/c1-11-15(4)26(33)37-19(14-20-29(8,9)40-20)18(7)21-22(38-27(34)16(5)12-2)24(31)30(10,36)25(32)23(21)39-28(35)17(6)13-3/h11-13,19-24,31,36H,7,14H2,1-6,8-10H3/b15-11-,16-12-,17-13-/t19-,20+,21-,22-,23+,24-,30+/m0/s1. The Bertz CT molecular complexity index is 1140. The lowest BCUT2D eigenvalue weighted by Crippen LogP contribution is -2.67. The van der Waals surface area contributed by atoms with E-state index in [1.165, 1.54) is 26.0 Å². The van der Waals surface area contributed by atoms with Crippen molar-refractivity contribution in [2.75, 3.05) is 0 Å². The summed E-state index contributed by atoms with van der Waals surface area (Å²) in [4.78, 5) is 52.1. The van der Waals surface area contributed by atoms with E-state index in [4.69, 9.17) is 18.9 Å². The topological polar surface area (TPSA) is 149 Å². The molecule has 0 spiro atoms. The van der Waals surface area contributed by atoms with Gasteiger partial charge in [0.1, 0.15) is 18.3 Å². The molecule has 10 heteroatoms. The lowest BCUT2D eigenvalue weighted by atomic mass is 9.68. The Morgan fingerprint density at radius 3 is 1.85 bits per heavy atom. The number of ether oxygens (including phenoxy) is 4. The molecule has 1 aliphatic carbocycles. The smallest absolute Gasteiger partial charge is 0.334 e. The van der Waals surface area contributed by atoms with E-state index in [0.29, 0.717) is 5.57 Å². The van der Waals surface area contributed by atoms with Gasteiger partial charge in [0.25, 0.3) is 0 Å². The van der Waals surface area contributed by atoms with Crippen molar-refractivity contribution in [3.8, 4) is 0 Å². The van der Waals surface area contributed by atoms with Gasteiger partial charge in [-0.15, -0.1) is 0 Å². The van der Waals surface area contributed by atoms with Crippen LogP contribution in [-0.2, 0) is 38.1 Å². The molecule has 222 valence electrons. The number of hydrogen-bond acceptors (Lipinski definition) is 10. The molecule has 0 bridgehead atoms. The fourth-order valence-corrected chi connectivity index (χ4v) is 4.30. The first kappa shape index (κ1) is 33.1. The highest BCUT2D eigenvalue weighted by Crippen LogP contribution is 2.44. The predicted molar refractivity (Wildman–Crippen MR) is 146 cm³/mol. The average molecular weight is 563 g/mol. The summed E-state index contributed by atoms with van der Waals surface area (Å²) in [6.45, 7) is 18.3. The Labute approximate surface area is 235 Å². The number of rotatable bonds is 10. The van der Waals surface area contributed by atoms with E-state index in [-0.39, 0.29) is 29.2 Å². The fraction of sp³-hybridized carbons (Fsp3) is 0.600. The van der Waals surface area contributed by atoms with Crippen LogP contribution in [-0.4, -0.2) is 75.6 Å². The molecule has 0 aromatic rings. The number of carbonyl (C=O) groups excluding carboxylic acids is 4. The number of carbonyl (C=O) groups is 4. The molecule has 2 fully saturated rings. The van der Waals surface area contributed by atoms with Crippen molar-refractivity contribution in [3.63, 3.8) is 0 Å². The summed E-state index contributed by atoms with van der Waals surface area (Å²) in [5, 5.41) is 22.2. The zero-order valence-electron chi connectivity index (χ0n) is 24.8. The summed E-state index contributed by atoms with van der Waals surface area (Å²) in [5.41, 5.74) is -2.20. The molecule has 7 atom stereocenters. The van der Waals surface area contributed by atoms with E-state index >= 15 is 0 Å². The summed E-state index contributed by atoms with van der Waals surface area (Å²) < 4.78 is 22.7. The van der Waals surface area contributed by atoms with Crippen LogP contribution in [0.2, 0.25) is 0 Å². The number of ketones is 1. The van der Waals surface area contributed by atoms with Gasteiger partial charge in [-0.25, -0.2) is 14.4 Å². The first-order valence-corrected chi connectivity index (χ1v) is 13.3. The largest absolute Gasteiger partial charge is 0.455 e. The Morgan fingerprint density at radius 2 is 1.40 bits per heavy atom. The molecule has 40 heavy (non-hydrogen) atoms. The third-order valence-corrected chi connectivity index (χ3v) is 7.75. The maximum atomic E-state index is 13.5. The quantitative estimate of drug-likeness (QED) is 0.134. The molecular formula is C30H42O10. The zero-order chi connectivity index (χ0) is 30.7. The average Bonchev–Trinajstić information content (AvgIpc) is 3.52. The number of epoxide rings is 1. The number of aliphatic hydroxyl groups is 2. The minimum atomic E-state index is -2.45. The second-order valence-electron chi connectivity index (χ2n) is 11.0. The lowest BCUT2D eigenvalue weighted by molar-refractivity contribution is -0.208. The molecule has 0 aromatic carbocycles. The first-order chi connectivity index (χ1) is 18.4. The van der Waals surface area contributed by atoms with Crippen molar-refractivity contribution < 1.29 is 48.3 Å². The molecule has 0 unspecified atom stereocenters. The Morgan fingerprint density at radius 1 is 0.950 bits per heavy atom. The van der Waals surface area contributed by atoms with Crippen LogP contribution in [0.4, 0.5) is 0 Å². The maximum absolute atomic E-state index is 13.5. The number of aliphatic hydroxyl groups excluding tert-OH is 1. The molecule has 1 saturated carbocycles. The minimum absolute atomic E-state index is 0.0540. The molecule has 0 aromatic heterocycles. The highest BCUT2D eigenvalue weighted by atomic mass is 16.6. The van der Waals surface area contributed by atoms with Gasteiger partial charge in [0.05, 0.1) is 17.6 Å². The minimum Gasteiger partial charge on any atom is -0.455 e. The van der Waals surface area contributed by atoms with E-state index in [1.807, 2.05) is 13.8 Å². The highest BCUT2D eigenvalue weighted by Gasteiger charge is 2.61. The second-order valence-corrected chi connectivity index (χ2v) is 11.0. The third kappa shape index (κ3) is 6.97. The van der Waals surface area contributed by atoms with Crippen molar-refractivity contribution in [3.05, 3.63) is 47.1 Å². The Kier molecular flexibility index (Phi) is 10.4. The third-order valence-electron chi connectivity index (χ3n) is 7.75. The van der Waals surface area contributed by atoms with E-state index in [2.05, 4.69) is 6.58 Å². The molecule has 2 N–H and O–H groups in total. The van der Waals surface area contributed by atoms with E-state index < -0.39 is 65.2 Å². The summed E-state index contributed by atoms with van der Waals surface area (Å²) in [5.74, 6) is -4.73. The summed E-state index contributed by atoms with van der Waals surface area (Å²) in [7, 11) is 0. The van der Waals surface area contributed by atoms with Gasteiger partial charge in [-0.1, -0.05) is 24.8 Å². The van der Waals surface area contributed by atoms with Crippen LogP contribution in [0.3, 0.4) is 0 Å². The number of esters is 3. The van der Waals surface area contributed by atoms with Crippen LogP contribution in [0.15, 0.2) is 47.1 Å². The fourth-order valence-electron chi connectivity index (χ4n) is 4.30. The van der Waals surface area contributed by atoms with Gasteiger partial charge in [0.2, 0.25) is 5.78 Å². The van der Waals surface area contributed by atoms with Gasteiger partial charge in [0.15, 0.2) is 11.7 Å². The molecule has 1 heterocycles. The summed E-state index contributed by atoms with van der Waals surface area (Å²) in [6.07, 6.45) is -1.99. The summed E-state index contributed by atoms with van der Waals surface area (Å²) >= 11 is 0. The monoisotopic (exact) mass is 562 g/mol. The maximum Gasteiger partial charge on any atom is 0.334 e. The van der Waals surface area contributed by atoms with Crippen molar-refractivity contribution >= 4 is 23.7 Å². The molecule has 2 aliphatic rings. The highest BCUT2D eigenvalue weighted by molar-refractivity contribution is 5.97. The molecule has 10 nitrogen and oxygen atoms in total. The van der Waals surface area contributed by atoms with Gasteiger partial charge < -0.3 is 29.2 Å². The van der Waals surface area contributed by atoms with Crippen molar-refractivity contribution in [1.82, 2.24) is 0 Å². The van der Waals surface area contributed by atoms with Crippen LogP contribution in [0.5, 0.6) is 0 Å². The normalized spacial score (nSPS) is 31.2. The molecule has 1 saturated heterocycles. The predicted octanol–water partition coefficient (Wildman–Crippen LogP) is 3.05. The second kappa shape index (κ2) is 12.6. The van der Waals surface area contributed by atoms with E-state index in [9.17, 15) is 29.4 Å². The number of Topliss-reactive ketones (excluding diaryl/α,β-unsaturated/α-hetero) is 1. The van der Waals surface area contributed by atoms with Gasteiger partial charge in [-0.3, -0.25) is 4.79 Å². The molecular weight excluding hydrogens is 520 g/mol. The van der Waals surface area contributed by atoms with E-state index in [1.54, 1.807) is 33.8 Å². The number of allylic oxidation sites excluding steroid dienone is 3. The lowest BCUT2D eigenvalue weighted by Gasteiger charge is -2.47. The van der Waals surface area contributed by atoms with Crippen molar-refractivity contribution in [2.24, 2.45) is 5.92 Å². The molecule has 1 aliphatic heterocycles. The first-order valence-electron chi connectivity index (χ1n) is 13.3. The van der Waals surface area contributed by atoms with Gasteiger partial charge in [0, 0.05) is 23.1 Å². The van der Waals surface area contributed by atoms with Crippen LogP contribution in [0.1, 0.15) is 68.7 Å². The van der Waals surface area contributed by atoms with Gasteiger partial charge >= 0.3 is 17.9 Å². The van der Waals surface area contributed by atoms with Crippen molar-refractivity contribution in [1.29, 1.82) is 0 Å². The van der Waals surface area contributed by atoms with Crippen LogP contribution in [0, 0.1) is 5.92 Å². The Balaban J connectivity index is 2.67. The molecule has 0 amide bonds. The van der Waals surface area contributed by atoms with Crippen LogP contribution >= 0.6 is 0 Å². The van der Waals surface area contributed by atoms with E-state index in [0.717, 1.165) is 6.92 Å². The van der Waals surface area contributed by atoms with Crippen LogP contribution < -0.4 is 0 Å².